The highest BCUT2D eigenvalue weighted by atomic mass is 28.4. The summed E-state index contributed by atoms with van der Waals surface area (Å²) in [7, 11) is -1.65. The summed E-state index contributed by atoms with van der Waals surface area (Å²) >= 11 is 0. The fourth-order valence-corrected chi connectivity index (χ4v) is 4.34. The number of esters is 1. The van der Waals surface area contributed by atoms with E-state index in [-0.39, 0.29) is 19.4 Å². The highest BCUT2D eigenvalue weighted by molar-refractivity contribution is 6.69. The highest BCUT2D eigenvalue weighted by Crippen LogP contribution is 2.46. The van der Waals surface area contributed by atoms with Crippen LogP contribution in [-0.2, 0) is 30.0 Å². The van der Waals surface area contributed by atoms with E-state index >= 15 is 0 Å². The minimum atomic E-state index is -4.94. The minimum absolute atomic E-state index is 0.117. The van der Waals surface area contributed by atoms with Gasteiger partial charge in [0.25, 0.3) is 5.79 Å². The van der Waals surface area contributed by atoms with Gasteiger partial charge in [-0.25, -0.2) is 4.79 Å². The van der Waals surface area contributed by atoms with E-state index in [0.717, 1.165) is 12.0 Å². The summed E-state index contributed by atoms with van der Waals surface area (Å²) in [6.07, 6.45) is -6.64. The molecule has 1 saturated heterocycles. The van der Waals surface area contributed by atoms with E-state index in [9.17, 15) is 22.8 Å². The summed E-state index contributed by atoms with van der Waals surface area (Å²) in [5, 5.41) is 0. The molecule has 0 aliphatic carbocycles. The molecule has 1 fully saturated rings. The Hall–Kier alpha value is -2.11. The Kier molecular flexibility index (Phi) is 7.53. The maximum absolute atomic E-state index is 14.2. The summed E-state index contributed by atoms with van der Waals surface area (Å²) in [4.78, 5) is 25.0. The molecule has 0 radical (unpaired) electrons. The minimum Gasteiger partial charge on any atom is -0.469 e. The number of amides is 1. The van der Waals surface area contributed by atoms with Gasteiger partial charge < -0.3 is 18.6 Å². The molecule has 1 aliphatic heterocycles. The Labute approximate surface area is 174 Å². The van der Waals surface area contributed by atoms with E-state index in [0.29, 0.717) is 5.56 Å². The third-order valence-electron chi connectivity index (χ3n) is 4.38. The standard InChI is InChI=1S/C19H26F3NO6Si/c1-26-16(24)11-10-15-18(19(20,21)22,29-30(2,3)4)28-13-23(15)17(25)27-12-14-8-6-5-7-9-14/h5-9,15H,10-13H2,1-4H3/t15-,18-/m0/s1. The molecular weight excluding hydrogens is 423 g/mol. The fourth-order valence-electron chi connectivity index (χ4n) is 3.12. The third-order valence-corrected chi connectivity index (χ3v) is 5.29. The van der Waals surface area contributed by atoms with Crippen LogP contribution in [0.25, 0.3) is 0 Å². The van der Waals surface area contributed by atoms with Gasteiger partial charge in [0.15, 0.2) is 8.32 Å². The maximum Gasteiger partial charge on any atom is 0.444 e. The van der Waals surface area contributed by atoms with Crippen molar-refractivity contribution >= 4 is 20.4 Å². The van der Waals surface area contributed by atoms with Crippen molar-refractivity contribution in [2.45, 2.75) is 57.1 Å². The number of carbonyl (C=O) groups is 2. The van der Waals surface area contributed by atoms with Crippen LogP contribution in [0.1, 0.15) is 18.4 Å². The summed E-state index contributed by atoms with van der Waals surface area (Å²) < 4.78 is 62.8. The van der Waals surface area contributed by atoms with Crippen LogP contribution in [0.2, 0.25) is 19.6 Å². The quantitative estimate of drug-likeness (QED) is 0.462. The molecule has 168 valence electrons. The maximum atomic E-state index is 14.2. The average molecular weight is 449 g/mol. The second-order valence-corrected chi connectivity index (χ2v) is 12.2. The molecule has 0 bridgehead atoms. The van der Waals surface area contributed by atoms with Crippen LogP contribution in [-0.4, -0.2) is 57.1 Å². The number of hydrogen-bond acceptors (Lipinski definition) is 6. The van der Waals surface area contributed by atoms with Crippen molar-refractivity contribution in [3.8, 4) is 0 Å². The van der Waals surface area contributed by atoms with Crippen LogP contribution in [0.15, 0.2) is 30.3 Å². The lowest BCUT2D eigenvalue weighted by Gasteiger charge is -2.40. The molecule has 0 unspecified atom stereocenters. The van der Waals surface area contributed by atoms with Gasteiger partial charge in [-0.2, -0.15) is 13.2 Å². The fraction of sp³-hybridized carbons (Fsp3) is 0.579. The van der Waals surface area contributed by atoms with Gasteiger partial charge >= 0.3 is 18.2 Å². The molecule has 0 N–H and O–H groups in total. The Balaban J connectivity index is 2.29. The molecule has 30 heavy (non-hydrogen) atoms. The third kappa shape index (κ3) is 5.73. The first-order valence-corrected chi connectivity index (χ1v) is 12.8. The number of ether oxygens (including phenoxy) is 3. The van der Waals surface area contributed by atoms with Gasteiger partial charge in [0.2, 0.25) is 0 Å². The van der Waals surface area contributed by atoms with Crippen LogP contribution in [0.5, 0.6) is 0 Å². The molecule has 11 heteroatoms. The molecule has 1 amide bonds. The van der Waals surface area contributed by atoms with Crippen molar-refractivity contribution in [3.05, 3.63) is 35.9 Å². The van der Waals surface area contributed by atoms with Crippen molar-refractivity contribution in [2.24, 2.45) is 0 Å². The molecule has 1 aromatic carbocycles. The van der Waals surface area contributed by atoms with Gasteiger partial charge in [0, 0.05) is 6.42 Å². The second-order valence-electron chi connectivity index (χ2n) is 7.79. The second kappa shape index (κ2) is 9.35. The van der Waals surface area contributed by atoms with E-state index in [1.807, 2.05) is 0 Å². The monoisotopic (exact) mass is 449 g/mol. The molecule has 7 nitrogen and oxygen atoms in total. The zero-order valence-corrected chi connectivity index (χ0v) is 18.3. The Morgan fingerprint density at radius 3 is 2.40 bits per heavy atom. The molecule has 1 aromatic rings. The van der Waals surface area contributed by atoms with Crippen molar-refractivity contribution < 1.29 is 41.4 Å². The van der Waals surface area contributed by atoms with E-state index in [1.165, 1.54) is 0 Å². The van der Waals surface area contributed by atoms with Crippen LogP contribution in [0.3, 0.4) is 0 Å². The number of nitrogens with zero attached hydrogens (tertiary/aromatic N) is 1. The van der Waals surface area contributed by atoms with Gasteiger partial charge in [0.1, 0.15) is 19.4 Å². The van der Waals surface area contributed by atoms with Gasteiger partial charge in [-0.3, -0.25) is 9.69 Å². The summed E-state index contributed by atoms with van der Waals surface area (Å²) in [6, 6.07) is 7.11. The molecule has 1 heterocycles. The Bertz CT molecular complexity index is 740. The number of benzene rings is 1. The predicted octanol–water partition coefficient (Wildman–Crippen LogP) is 4.04. The predicted molar refractivity (Wildman–Crippen MR) is 103 cm³/mol. The molecule has 1 aliphatic rings. The van der Waals surface area contributed by atoms with Gasteiger partial charge in [-0.15, -0.1) is 0 Å². The molecule has 0 spiro atoms. The molecule has 0 aromatic heterocycles. The lowest BCUT2D eigenvalue weighted by atomic mass is 10.0. The zero-order valence-electron chi connectivity index (χ0n) is 17.3. The van der Waals surface area contributed by atoms with Crippen molar-refractivity contribution in [3.63, 3.8) is 0 Å². The summed E-state index contributed by atoms with van der Waals surface area (Å²) in [5.74, 6) is -3.75. The van der Waals surface area contributed by atoms with Gasteiger partial charge in [-0.1, -0.05) is 30.3 Å². The van der Waals surface area contributed by atoms with Crippen LogP contribution in [0, 0.1) is 0 Å². The largest absolute Gasteiger partial charge is 0.469 e. The van der Waals surface area contributed by atoms with E-state index < -0.39 is 45.1 Å². The van der Waals surface area contributed by atoms with Gasteiger partial charge in [-0.05, 0) is 31.6 Å². The first-order chi connectivity index (χ1) is 13.9. The average Bonchev–Trinajstić information content (AvgIpc) is 3.02. The zero-order chi connectivity index (χ0) is 22.6. The number of carbonyl (C=O) groups excluding carboxylic acids is 2. The number of hydrogen-bond donors (Lipinski definition) is 0. The SMILES string of the molecule is COC(=O)CC[C@@H]1N(C(=O)OCc2ccccc2)CO[C@@]1(O[Si](C)(C)C)C(F)(F)F. The van der Waals surface area contributed by atoms with Crippen LogP contribution in [0.4, 0.5) is 18.0 Å². The number of methoxy groups -OCH3 is 1. The first kappa shape index (κ1) is 24.2. The number of rotatable bonds is 7. The molecule has 2 atom stereocenters. The van der Waals surface area contributed by atoms with Crippen molar-refractivity contribution in [1.82, 2.24) is 4.90 Å². The lowest BCUT2D eigenvalue weighted by Crippen LogP contribution is -2.61. The number of alkyl halides is 3. The van der Waals surface area contributed by atoms with Gasteiger partial charge in [0.05, 0.1) is 7.11 Å². The highest BCUT2D eigenvalue weighted by Gasteiger charge is 2.69. The first-order valence-electron chi connectivity index (χ1n) is 9.34. The van der Waals surface area contributed by atoms with Crippen molar-refractivity contribution in [2.75, 3.05) is 13.8 Å². The molecule has 2 rings (SSSR count). The number of halogens is 3. The van der Waals surface area contributed by atoms with Crippen molar-refractivity contribution in [1.29, 1.82) is 0 Å². The topological polar surface area (TPSA) is 74.3 Å². The van der Waals surface area contributed by atoms with E-state index in [1.54, 1.807) is 50.0 Å². The Morgan fingerprint density at radius 2 is 1.87 bits per heavy atom. The molecular formula is C19H26F3NO6Si. The van der Waals surface area contributed by atoms with E-state index in [4.69, 9.17) is 13.9 Å². The normalized spacial score (nSPS) is 22.1. The summed E-state index contributed by atoms with van der Waals surface area (Å²) in [5.41, 5.74) is 0.678. The smallest absolute Gasteiger partial charge is 0.444 e. The lowest BCUT2D eigenvalue weighted by molar-refractivity contribution is -0.345. The Morgan fingerprint density at radius 1 is 1.23 bits per heavy atom. The van der Waals surface area contributed by atoms with Crippen LogP contribution < -0.4 is 0 Å². The molecule has 0 saturated carbocycles. The van der Waals surface area contributed by atoms with Crippen LogP contribution >= 0.6 is 0 Å². The summed E-state index contributed by atoms with van der Waals surface area (Å²) in [6.45, 7) is 3.95. The van der Waals surface area contributed by atoms with E-state index in [2.05, 4.69) is 4.74 Å².